The van der Waals surface area contributed by atoms with Gasteiger partial charge in [-0.15, -0.1) is 0 Å². The predicted octanol–water partition coefficient (Wildman–Crippen LogP) is 3.60. The van der Waals surface area contributed by atoms with Gasteiger partial charge in [-0.25, -0.2) is 4.98 Å². The van der Waals surface area contributed by atoms with E-state index in [1.165, 1.54) is 24.0 Å². The number of rotatable bonds is 4. The average molecular weight is 267 g/mol. The van der Waals surface area contributed by atoms with Crippen LogP contribution in [-0.2, 0) is 6.54 Å². The molecule has 0 unspecified atom stereocenters. The Morgan fingerprint density at radius 3 is 2.70 bits per heavy atom. The van der Waals surface area contributed by atoms with Crippen LogP contribution in [0, 0.1) is 6.92 Å². The monoisotopic (exact) mass is 267 g/mol. The number of pyridine rings is 1. The molecule has 1 aliphatic heterocycles. The number of benzene rings is 1. The lowest BCUT2D eigenvalue weighted by Crippen LogP contribution is -2.18. The average Bonchev–Trinajstić information content (AvgIpc) is 3.00. The molecule has 0 bridgehead atoms. The zero-order chi connectivity index (χ0) is 13.8. The third-order valence-electron chi connectivity index (χ3n) is 3.76. The first-order valence-electron chi connectivity index (χ1n) is 7.32. The fourth-order valence-electron chi connectivity index (χ4n) is 2.65. The lowest BCUT2D eigenvalue weighted by atomic mass is 10.1. The highest BCUT2D eigenvalue weighted by molar-refractivity contribution is 5.49. The first-order valence-corrected chi connectivity index (χ1v) is 7.32. The normalized spacial score (nSPS) is 14.6. The van der Waals surface area contributed by atoms with E-state index in [4.69, 9.17) is 0 Å². The second-order valence-corrected chi connectivity index (χ2v) is 5.44. The molecule has 2 aromatic rings. The molecule has 0 saturated carbocycles. The van der Waals surface area contributed by atoms with Crippen LogP contribution in [0.5, 0.6) is 0 Å². The molecule has 1 aromatic carbocycles. The first-order chi connectivity index (χ1) is 9.81. The lowest BCUT2D eigenvalue weighted by molar-refractivity contribution is 0.937. The summed E-state index contributed by atoms with van der Waals surface area (Å²) in [5.74, 6) is 1.10. The van der Waals surface area contributed by atoms with Crippen molar-refractivity contribution in [2.24, 2.45) is 0 Å². The highest BCUT2D eigenvalue weighted by atomic mass is 15.2. The van der Waals surface area contributed by atoms with E-state index in [1.54, 1.807) is 0 Å². The molecule has 2 heterocycles. The van der Waals surface area contributed by atoms with Crippen LogP contribution in [-0.4, -0.2) is 18.1 Å². The summed E-state index contributed by atoms with van der Waals surface area (Å²) in [6, 6.07) is 12.8. The van der Waals surface area contributed by atoms with E-state index in [-0.39, 0.29) is 0 Å². The fraction of sp³-hybridized carbons (Fsp3) is 0.353. The number of anilines is 2. The summed E-state index contributed by atoms with van der Waals surface area (Å²) in [7, 11) is 0. The van der Waals surface area contributed by atoms with Gasteiger partial charge in [-0.2, -0.15) is 0 Å². The Hall–Kier alpha value is -2.03. The maximum atomic E-state index is 4.55. The SMILES string of the molecule is Cc1cccc(CNc2ccc(N3CCCC3)nc2)c1. The second-order valence-electron chi connectivity index (χ2n) is 5.44. The van der Waals surface area contributed by atoms with Gasteiger partial charge in [-0.1, -0.05) is 29.8 Å². The molecule has 104 valence electrons. The van der Waals surface area contributed by atoms with Crippen LogP contribution in [0.25, 0.3) is 0 Å². The third kappa shape index (κ3) is 3.10. The molecule has 20 heavy (non-hydrogen) atoms. The number of nitrogens with zero attached hydrogens (tertiary/aromatic N) is 2. The molecule has 1 N–H and O–H groups in total. The van der Waals surface area contributed by atoms with Gasteiger partial charge in [0, 0.05) is 19.6 Å². The molecule has 1 fully saturated rings. The van der Waals surface area contributed by atoms with Crippen molar-refractivity contribution in [2.45, 2.75) is 26.3 Å². The number of hydrogen-bond acceptors (Lipinski definition) is 3. The zero-order valence-corrected chi connectivity index (χ0v) is 12.0. The zero-order valence-electron chi connectivity index (χ0n) is 12.0. The predicted molar refractivity (Wildman–Crippen MR) is 84.2 cm³/mol. The summed E-state index contributed by atoms with van der Waals surface area (Å²) in [5.41, 5.74) is 3.68. The van der Waals surface area contributed by atoms with Crippen LogP contribution in [0.2, 0.25) is 0 Å². The maximum absolute atomic E-state index is 4.55. The quantitative estimate of drug-likeness (QED) is 0.917. The molecule has 0 spiro atoms. The van der Waals surface area contributed by atoms with Gasteiger partial charge in [0.05, 0.1) is 11.9 Å². The van der Waals surface area contributed by atoms with Crippen molar-refractivity contribution >= 4 is 11.5 Å². The molecule has 1 saturated heterocycles. The van der Waals surface area contributed by atoms with Crippen LogP contribution < -0.4 is 10.2 Å². The van der Waals surface area contributed by atoms with Gasteiger partial charge in [0.2, 0.25) is 0 Å². The van der Waals surface area contributed by atoms with Gasteiger partial charge in [0.25, 0.3) is 0 Å². The Labute approximate surface area is 120 Å². The second kappa shape index (κ2) is 5.95. The van der Waals surface area contributed by atoms with Gasteiger partial charge in [0.15, 0.2) is 0 Å². The lowest BCUT2D eigenvalue weighted by Gasteiger charge is -2.16. The van der Waals surface area contributed by atoms with E-state index in [0.29, 0.717) is 0 Å². The molecule has 0 aliphatic carbocycles. The van der Waals surface area contributed by atoms with Gasteiger partial charge in [0.1, 0.15) is 5.82 Å². The van der Waals surface area contributed by atoms with Gasteiger partial charge >= 0.3 is 0 Å². The van der Waals surface area contributed by atoms with Crippen molar-refractivity contribution in [3.8, 4) is 0 Å². The minimum absolute atomic E-state index is 0.840. The van der Waals surface area contributed by atoms with Crippen molar-refractivity contribution in [1.82, 2.24) is 4.98 Å². The van der Waals surface area contributed by atoms with Gasteiger partial charge in [-0.3, -0.25) is 0 Å². The standard InChI is InChI=1S/C17H21N3/c1-14-5-4-6-15(11-14)12-18-16-7-8-17(19-13-16)20-9-2-3-10-20/h4-8,11,13,18H,2-3,9-10,12H2,1H3. The Morgan fingerprint density at radius 2 is 2.00 bits per heavy atom. The number of aromatic nitrogens is 1. The molecular weight excluding hydrogens is 246 g/mol. The van der Waals surface area contributed by atoms with Crippen LogP contribution in [0.15, 0.2) is 42.6 Å². The molecule has 0 radical (unpaired) electrons. The Morgan fingerprint density at radius 1 is 1.15 bits per heavy atom. The Kier molecular flexibility index (Phi) is 3.86. The van der Waals surface area contributed by atoms with Crippen molar-refractivity contribution < 1.29 is 0 Å². The summed E-state index contributed by atoms with van der Waals surface area (Å²) in [6.45, 7) is 5.24. The molecule has 3 nitrogen and oxygen atoms in total. The summed E-state index contributed by atoms with van der Waals surface area (Å²) >= 11 is 0. The van der Waals surface area contributed by atoms with Gasteiger partial charge < -0.3 is 10.2 Å². The molecule has 3 rings (SSSR count). The third-order valence-corrected chi connectivity index (χ3v) is 3.76. The topological polar surface area (TPSA) is 28.2 Å². The molecule has 1 aliphatic rings. The van der Waals surface area contributed by atoms with Crippen molar-refractivity contribution in [3.63, 3.8) is 0 Å². The van der Waals surface area contributed by atoms with E-state index in [1.807, 2.05) is 6.20 Å². The van der Waals surface area contributed by atoms with E-state index < -0.39 is 0 Å². The smallest absolute Gasteiger partial charge is 0.128 e. The Bertz CT molecular complexity index is 557. The first kappa shape index (κ1) is 13.0. The van der Waals surface area contributed by atoms with E-state index in [0.717, 1.165) is 31.1 Å². The van der Waals surface area contributed by atoms with Gasteiger partial charge in [-0.05, 0) is 37.5 Å². The van der Waals surface area contributed by atoms with Crippen molar-refractivity contribution in [1.29, 1.82) is 0 Å². The summed E-state index contributed by atoms with van der Waals surface area (Å²) in [5, 5.41) is 3.42. The highest BCUT2D eigenvalue weighted by Gasteiger charge is 2.12. The van der Waals surface area contributed by atoms with Crippen LogP contribution >= 0.6 is 0 Å². The summed E-state index contributed by atoms with van der Waals surface area (Å²) in [6.07, 6.45) is 4.51. The van der Waals surface area contributed by atoms with Crippen LogP contribution in [0.3, 0.4) is 0 Å². The summed E-state index contributed by atoms with van der Waals surface area (Å²) < 4.78 is 0. The minimum atomic E-state index is 0.840. The van der Waals surface area contributed by atoms with Crippen molar-refractivity contribution in [2.75, 3.05) is 23.3 Å². The van der Waals surface area contributed by atoms with E-state index in [2.05, 4.69) is 58.5 Å². The molecule has 0 atom stereocenters. The van der Waals surface area contributed by atoms with Crippen LogP contribution in [0.1, 0.15) is 24.0 Å². The minimum Gasteiger partial charge on any atom is -0.380 e. The Balaban J connectivity index is 1.60. The molecule has 0 amide bonds. The number of hydrogen-bond donors (Lipinski definition) is 1. The number of aryl methyl sites for hydroxylation is 1. The number of nitrogens with one attached hydrogen (secondary N) is 1. The van der Waals surface area contributed by atoms with E-state index >= 15 is 0 Å². The largest absolute Gasteiger partial charge is 0.380 e. The fourth-order valence-corrected chi connectivity index (χ4v) is 2.65. The van der Waals surface area contributed by atoms with E-state index in [9.17, 15) is 0 Å². The highest BCUT2D eigenvalue weighted by Crippen LogP contribution is 2.19. The molecular formula is C17H21N3. The summed E-state index contributed by atoms with van der Waals surface area (Å²) in [4.78, 5) is 6.91. The molecule has 1 aromatic heterocycles. The van der Waals surface area contributed by atoms with Crippen molar-refractivity contribution in [3.05, 3.63) is 53.7 Å². The van der Waals surface area contributed by atoms with Crippen LogP contribution in [0.4, 0.5) is 11.5 Å². The maximum Gasteiger partial charge on any atom is 0.128 e. The molecule has 3 heteroatoms.